The maximum Gasteiger partial charge on any atom is 0.318 e. The minimum Gasteiger partial charge on any atom is -0.459 e. The van der Waals surface area contributed by atoms with E-state index in [-0.39, 0.29) is 6.03 Å². The quantitative estimate of drug-likeness (QED) is 0.738. The zero-order valence-electron chi connectivity index (χ0n) is 17.0. The van der Waals surface area contributed by atoms with Gasteiger partial charge in [0, 0.05) is 31.9 Å². The van der Waals surface area contributed by atoms with Gasteiger partial charge in [-0.25, -0.2) is 14.8 Å². The Morgan fingerprint density at radius 2 is 2.00 bits per heavy atom. The van der Waals surface area contributed by atoms with Gasteiger partial charge in [-0.05, 0) is 31.0 Å². The molecule has 0 unspecified atom stereocenters. The summed E-state index contributed by atoms with van der Waals surface area (Å²) in [5.74, 6) is 2.35. The molecular formula is C22H25N5O2. The van der Waals surface area contributed by atoms with Gasteiger partial charge in [0.2, 0.25) is 5.95 Å². The fraction of sp³-hybridized carbons (Fsp3) is 0.318. The van der Waals surface area contributed by atoms with Gasteiger partial charge in [0.25, 0.3) is 0 Å². The summed E-state index contributed by atoms with van der Waals surface area (Å²) >= 11 is 0. The number of anilines is 1. The number of hydrogen-bond acceptors (Lipinski definition) is 5. The van der Waals surface area contributed by atoms with Crippen LogP contribution in [-0.2, 0) is 19.5 Å². The average molecular weight is 391 g/mol. The van der Waals surface area contributed by atoms with Crippen LogP contribution in [0.3, 0.4) is 0 Å². The molecule has 1 aliphatic rings. The fourth-order valence-corrected chi connectivity index (χ4v) is 3.42. The second-order valence-corrected chi connectivity index (χ2v) is 7.45. The second kappa shape index (κ2) is 7.95. The first-order chi connectivity index (χ1) is 14.0. The molecule has 0 atom stereocenters. The molecule has 0 spiro atoms. The summed E-state index contributed by atoms with van der Waals surface area (Å²) in [6.07, 6.45) is 0.788. The Balaban J connectivity index is 1.41. The molecule has 1 N–H and O–H groups in total. The smallest absolute Gasteiger partial charge is 0.318 e. The largest absolute Gasteiger partial charge is 0.459 e. The van der Waals surface area contributed by atoms with Crippen LogP contribution in [0.5, 0.6) is 0 Å². The first-order valence-corrected chi connectivity index (χ1v) is 9.71. The summed E-state index contributed by atoms with van der Waals surface area (Å²) in [5, 5.41) is 2.97. The first kappa shape index (κ1) is 19.0. The number of aryl methyl sites for hydroxylation is 1. The van der Waals surface area contributed by atoms with Crippen LogP contribution in [0.2, 0.25) is 0 Å². The number of nitrogens with one attached hydrogen (secondary N) is 1. The van der Waals surface area contributed by atoms with E-state index in [0.29, 0.717) is 25.6 Å². The molecule has 29 heavy (non-hydrogen) atoms. The van der Waals surface area contributed by atoms with E-state index < -0.39 is 0 Å². The van der Waals surface area contributed by atoms with Crippen LogP contribution in [0.15, 0.2) is 46.9 Å². The Morgan fingerprint density at radius 3 is 2.76 bits per heavy atom. The number of furan rings is 1. The highest BCUT2D eigenvalue weighted by Crippen LogP contribution is 2.29. The molecule has 0 aliphatic carbocycles. The molecule has 7 heteroatoms. The summed E-state index contributed by atoms with van der Waals surface area (Å²) in [5.41, 5.74) is 3.89. The highest BCUT2D eigenvalue weighted by Gasteiger charge is 2.24. The third-order valence-corrected chi connectivity index (χ3v) is 4.94. The molecule has 0 saturated carbocycles. The summed E-state index contributed by atoms with van der Waals surface area (Å²) in [7, 11) is 3.80. The van der Waals surface area contributed by atoms with Crippen molar-refractivity contribution in [3.63, 3.8) is 0 Å². The molecule has 2 aromatic heterocycles. The van der Waals surface area contributed by atoms with Gasteiger partial charge >= 0.3 is 6.03 Å². The van der Waals surface area contributed by atoms with Crippen LogP contribution >= 0.6 is 0 Å². The van der Waals surface area contributed by atoms with E-state index in [0.717, 1.165) is 34.9 Å². The number of hydrogen-bond donors (Lipinski definition) is 1. The Morgan fingerprint density at radius 1 is 1.21 bits per heavy atom. The molecule has 0 bridgehead atoms. The van der Waals surface area contributed by atoms with Crippen molar-refractivity contribution in [3.8, 4) is 11.3 Å². The number of benzene rings is 1. The van der Waals surface area contributed by atoms with Gasteiger partial charge in [-0.2, -0.15) is 0 Å². The van der Waals surface area contributed by atoms with Gasteiger partial charge < -0.3 is 19.5 Å². The lowest BCUT2D eigenvalue weighted by atomic mass is 10.1. The first-order valence-electron chi connectivity index (χ1n) is 9.71. The molecule has 0 radical (unpaired) electrons. The van der Waals surface area contributed by atoms with Gasteiger partial charge in [0.15, 0.2) is 0 Å². The molecule has 150 valence electrons. The van der Waals surface area contributed by atoms with E-state index in [4.69, 9.17) is 4.42 Å². The van der Waals surface area contributed by atoms with Crippen LogP contribution in [0.25, 0.3) is 11.3 Å². The lowest BCUT2D eigenvalue weighted by molar-refractivity contribution is 0.186. The van der Waals surface area contributed by atoms with Gasteiger partial charge in [0.1, 0.15) is 11.5 Å². The maximum atomic E-state index is 12.7. The number of urea groups is 1. The summed E-state index contributed by atoms with van der Waals surface area (Å²) in [6.45, 7) is 3.42. The van der Waals surface area contributed by atoms with E-state index in [1.54, 1.807) is 4.90 Å². The molecular weight excluding hydrogens is 366 g/mol. The SMILES string of the molecule is Cc1cc(CNC(=O)N2CCc3cc(-c4ccccc4)oc3C2)nc(N(C)C)n1. The van der Waals surface area contributed by atoms with Crippen LogP contribution in [0, 0.1) is 6.92 Å². The van der Waals surface area contributed by atoms with Gasteiger partial charge in [-0.15, -0.1) is 0 Å². The van der Waals surface area contributed by atoms with Crippen molar-refractivity contribution in [2.24, 2.45) is 0 Å². The van der Waals surface area contributed by atoms with Crippen molar-refractivity contribution in [1.29, 1.82) is 0 Å². The molecule has 3 heterocycles. The van der Waals surface area contributed by atoms with E-state index in [2.05, 4.69) is 21.4 Å². The zero-order valence-corrected chi connectivity index (χ0v) is 17.0. The predicted octanol–water partition coefficient (Wildman–Crippen LogP) is 3.38. The number of aromatic nitrogens is 2. The Bertz CT molecular complexity index is 1010. The lowest BCUT2D eigenvalue weighted by Crippen LogP contribution is -2.42. The molecule has 2 amide bonds. The molecule has 4 rings (SSSR count). The summed E-state index contributed by atoms with van der Waals surface area (Å²) < 4.78 is 6.05. The molecule has 0 fully saturated rings. The Kier molecular flexibility index (Phi) is 5.20. The number of amides is 2. The molecule has 3 aromatic rings. The predicted molar refractivity (Wildman–Crippen MR) is 112 cm³/mol. The third-order valence-electron chi connectivity index (χ3n) is 4.94. The molecule has 1 aromatic carbocycles. The zero-order chi connectivity index (χ0) is 20.4. The number of carbonyl (C=O) groups is 1. The van der Waals surface area contributed by atoms with Crippen molar-refractivity contribution in [3.05, 3.63) is 65.2 Å². The highest BCUT2D eigenvalue weighted by atomic mass is 16.3. The van der Waals surface area contributed by atoms with Crippen LogP contribution in [0.1, 0.15) is 22.7 Å². The van der Waals surface area contributed by atoms with Crippen LogP contribution in [-0.4, -0.2) is 41.5 Å². The van der Waals surface area contributed by atoms with Crippen molar-refractivity contribution in [2.75, 3.05) is 25.5 Å². The standard InChI is InChI=1S/C22H25N5O2/c1-15-11-18(25-21(24-15)26(2)3)13-23-22(28)27-10-9-17-12-19(29-20(17)14-27)16-7-5-4-6-8-16/h4-8,11-12H,9-10,13-14H2,1-3H3,(H,23,28). The lowest BCUT2D eigenvalue weighted by Gasteiger charge is -2.26. The van der Waals surface area contributed by atoms with Crippen molar-refractivity contribution in [2.45, 2.75) is 26.4 Å². The van der Waals surface area contributed by atoms with Crippen molar-refractivity contribution in [1.82, 2.24) is 20.2 Å². The molecule has 0 saturated heterocycles. The maximum absolute atomic E-state index is 12.7. The Labute approximate surface area is 170 Å². The monoisotopic (exact) mass is 391 g/mol. The number of carbonyl (C=O) groups excluding carboxylic acids is 1. The molecule has 1 aliphatic heterocycles. The van der Waals surface area contributed by atoms with Gasteiger partial charge in [-0.3, -0.25) is 0 Å². The van der Waals surface area contributed by atoms with Gasteiger partial charge in [0.05, 0.1) is 18.8 Å². The molecule has 7 nitrogen and oxygen atoms in total. The minimum atomic E-state index is -0.115. The van der Waals surface area contributed by atoms with Crippen LogP contribution in [0.4, 0.5) is 10.7 Å². The number of nitrogens with zero attached hydrogens (tertiary/aromatic N) is 4. The fourth-order valence-electron chi connectivity index (χ4n) is 3.42. The van der Waals surface area contributed by atoms with Crippen molar-refractivity contribution < 1.29 is 9.21 Å². The second-order valence-electron chi connectivity index (χ2n) is 7.45. The van der Waals surface area contributed by atoms with E-state index in [1.807, 2.05) is 62.3 Å². The average Bonchev–Trinajstić information content (AvgIpc) is 3.15. The minimum absolute atomic E-state index is 0.115. The topological polar surface area (TPSA) is 74.5 Å². The van der Waals surface area contributed by atoms with Gasteiger partial charge in [-0.1, -0.05) is 30.3 Å². The van der Waals surface area contributed by atoms with E-state index in [1.165, 1.54) is 5.56 Å². The van der Waals surface area contributed by atoms with Crippen molar-refractivity contribution >= 4 is 12.0 Å². The van der Waals surface area contributed by atoms with Crippen LogP contribution < -0.4 is 10.2 Å². The van der Waals surface area contributed by atoms with E-state index in [9.17, 15) is 4.79 Å². The third kappa shape index (κ3) is 4.23. The normalized spacial score (nSPS) is 13.1. The summed E-state index contributed by atoms with van der Waals surface area (Å²) in [6, 6.07) is 13.9. The number of fused-ring (bicyclic) bond motifs is 1. The highest BCUT2D eigenvalue weighted by molar-refractivity contribution is 5.74. The Hall–Kier alpha value is -3.35. The van der Waals surface area contributed by atoms with E-state index >= 15 is 0 Å². The summed E-state index contributed by atoms with van der Waals surface area (Å²) in [4.78, 5) is 25.2. The number of rotatable bonds is 4.